The minimum atomic E-state index is -0.492. The Morgan fingerprint density at radius 2 is 1.82 bits per heavy atom. The van der Waals surface area contributed by atoms with Crippen LogP contribution in [0, 0.1) is 5.82 Å². The number of benzene rings is 1. The summed E-state index contributed by atoms with van der Waals surface area (Å²) in [5, 5.41) is 2.72. The number of halogens is 1. The van der Waals surface area contributed by atoms with E-state index in [-0.39, 0.29) is 24.2 Å². The molecule has 2 rings (SSSR count). The molecule has 0 bridgehead atoms. The van der Waals surface area contributed by atoms with E-state index < -0.39 is 6.04 Å². The first kappa shape index (κ1) is 16.4. The molecule has 2 amide bonds. The highest BCUT2D eigenvalue weighted by Gasteiger charge is 2.23. The molecule has 0 saturated carbocycles. The van der Waals surface area contributed by atoms with Crippen molar-refractivity contribution in [2.75, 3.05) is 38.0 Å². The molecule has 6 nitrogen and oxygen atoms in total. The highest BCUT2D eigenvalue weighted by atomic mass is 19.1. The van der Waals surface area contributed by atoms with Crippen molar-refractivity contribution >= 4 is 17.5 Å². The van der Waals surface area contributed by atoms with Crippen molar-refractivity contribution in [3.63, 3.8) is 0 Å². The molecule has 1 aliphatic rings. The molecule has 1 aromatic rings. The van der Waals surface area contributed by atoms with Crippen molar-refractivity contribution in [1.29, 1.82) is 0 Å². The summed E-state index contributed by atoms with van der Waals surface area (Å²) in [4.78, 5) is 27.4. The molecule has 1 aliphatic heterocycles. The van der Waals surface area contributed by atoms with E-state index in [1.807, 2.05) is 4.90 Å². The van der Waals surface area contributed by atoms with E-state index in [1.165, 1.54) is 24.3 Å². The van der Waals surface area contributed by atoms with Gasteiger partial charge in [0.1, 0.15) is 5.82 Å². The fraction of sp³-hybridized carbons (Fsp3) is 0.467. The van der Waals surface area contributed by atoms with Crippen LogP contribution in [-0.2, 0) is 9.59 Å². The fourth-order valence-corrected chi connectivity index (χ4v) is 2.35. The molecule has 7 heteroatoms. The summed E-state index contributed by atoms with van der Waals surface area (Å²) in [5.74, 6) is -0.554. The summed E-state index contributed by atoms with van der Waals surface area (Å²) in [6.45, 7) is 4.33. The van der Waals surface area contributed by atoms with Gasteiger partial charge in [0.2, 0.25) is 11.8 Å². The van der Waals surface area contributed by atoms with Crippen LogP contribution >= 0.6 is 0 Å². The number of carbonyl (C=O) groups is 2. The van der Waals surface area contributed by atoms with Crippen LogP contribution in [0.3, 0.4) is 0 Å². The zero-order valence-electron chi connectivity index (χ0n) is 12.6. The van der Waals surface area contributed by atoms with Crippen molar-refractivity contribution in [2.45, 2.75) is 13.0 Å². The van der Waals surface area contributed by atoms with E-state index in [1.54, 1.807) is 11.8 Å². The molecule has 1 heterocycles. The molecule has 1 aromatic carbocycles. The quantitative estimate of drug-likeness (QED) is 0.836. The Balaban J connectivity index is 1.77. The van der Waals surface area contributed by atoms with Gasteiger partial charge in [-0.1, -0.05) is 0 Å². The maximum absolute atomic E-state index is 12.8. The molecule has 1 fully saturated rings. The molecule has 1 atom stereocenters. The Morgan fingerprint density at radius 1 is 1.23 bits per heavy atom. The number of anilines is 1. The van der Waals surface area contributed by atoms with Crippen molar-refractivity contribution in [3.05, 3.63) is 30.1 Å². The molecule has 3 N–H and O–H groups in total. The lowest BCUT2D eigenvalue weighted by Crippen LogP contribution is -2.53. The van der Waals surface area contributed by atoms with E-state index in [0.29, 0.717) is 31.9 Å². The average molecular weight is 308 g/mol. The van der Waals surface area contributed by atoms with Gasteiger partial charge in [-0.15, -0.1) is 0 Å². The van der Waals surface area contributed by atoms with Gasteiger partial charge in [-0.05, 0) is 31.2 Å². The number of rotatable bonds is 4. The van der Waals surface area contributed by atoms with E-state index in [2.05, 4.69) is 5.32 Å². The van der Waals surface area contributed by atoms with Crippen molar-refractivity contribution in [2.24, 2.45) is 5.73 Å². The second-order valence-electron chi connectivity index (χ2n) is 5.45. The standard InChI is InChI=1S/C15H21FN4O2/c1-11(17)15(22)20-8-6-19(7-9-20)10-14(21)18-13-4-2-12(16)3-5-13/h2-5,11H,6-10,17H2,1H3,(H,18,21). The molecule has 0 spiro atoms. The lowest BCUT2D eigenvalue weighted by atomic mass is 10.2. The molecule has 0 radical (unpaired) electrons. The van der Waals surface area contributed by atoms with Crippen LogP contribution < -0.4 is 11.1 Å². The number of carbonyl (C=O) groups excluding carboxylic acids is 2. The van der Waals surface area contributed by atoms with Crippen molar-refractivity contribution < 1.29 is 14.0 Å². The number of hydrogen-bond donors (Lipinski definition) is 2. The van der Waals surface area contributed by atoms with Crippen LogP contribution in [0.1, 0.15) is 6.92 Å². The molecule has 0 aromatic heterocycles. The summed E-state index contributed by atoms with van der Waals surface area (Å²) in [7, 11) is 0. The average Bonchev–Trinajstić information content (AvgIpc) is 2.49. The predicted octanol–water partition coefficient (Wildman–Crippen LogP) is 0.256. The zero-order chi connectivity index (χ0) is 16.1. The molecular weight excluding hydrogens is 287 g/mol. The molecule has 22 heavy (non-hydrogen) atoms. The third-order valence-electron chi connectivity index (χ3n) is 3.57. The number of nitrogens with zero attached hydrogens (tertiary/aromatic N) is 2. The van der Waals surface area contributed by atoms with E-state index in [0.717, 1.165) is 0 Å². The topological polar surface area (TPSA) is 78.7 Å². The van der Waals surface area contributed by atoms with Crippen LogP contribution in [0.5, 0.6) is 0 Å². The Morgan fingerprint density at radius 3 is 2.36 bits per heavy atom. The molecular formula is C15H21FN4O2. The molecule has 120 valence electrons. The Hall–Kier alpha value is -1.99. The number of amides is 2. The first-order valence-corrected chi connectivity index (χ1v) is 7.28. The van der Waals surface area contributed by atoms with Gasteiger partial charge in [0.05, 0.1) is 12.6 Å². The van der Waals surface area contributed by atoms with Gasteiger partial charge in [0.15, 0.2) is 0 Å². The van der Waals surface area contributed by atoms with Crippen LogP contribution in [0.4, 0.5) is 10.1 Å². The largest absolute Gasteiger partial charge is 0.339 e. The second kappa shape index (κ2) is 7.33. The maximum atomic E-state index is 12.8. The minimum Gasteiger partial charge on any atom is -0.339 e. The van der Waals surface area contributed by atoms with Gasteiger partial charge in [-0.25, -0.2) is 4.39 Å². The van der Waals surface area contributed by atoms with Gasteiger partial charge in [-0.3, -0.25) is 14.5 Å². The lowest BCUT2D eigenvalue weighted by Gasteiger charge is -2.35. The lowest BCUT2D eigenvalue weighted by molar-refractivity contribution is -0.134. The van der Waals surface area contributed by atoms with Gasteiger partial charge in [0.25, 0.3) is 0 Å². The van der Waals surface area contributed by atoms with Gasteiger partial charge in [0, 0.05) is 31.9 Å². The number of piperazine rings is 1. The van der Waals surface area contributed by atoms with E-state index >= 15 is 0 Å². The molecule has 1 unspecified atom stereocenters. The summed E-state index contributed by atoms with van der Waals surface area (Å²) in [6.07, 6.45) is 0. The summed E-state index contributed by atoms with van der Waals surface area (Å²) >= 11 is 0. The first-order chi connectivity index (χ1) is 10.5. The first-order valence-electron chi connectivity index (χ1n) is 7.28. The monoisotopic (exact) mass is 308 g/mol. The third kappa shape index (κ3) is 4.51. The fourth-order valence-electron chi connectivity index (χ4n) is 2.35. The summed E-state index contributed by atoms with van der Waals surface area (Å²) in [6, 6.07) is 5.15. The van der Waals surface area contributed by atoms with Crippen LogP contribution in [0.25, 0.3) is 0 Å². The van der Waals surface area contributed by atoms with Gasteiger partial charge >= 0.3 is 0 Å². The zero-order valence-corrected chi connectivity index (χ0v) is 12.6. The normalized spacial score (nSPS) is 17.1. The van der Waals surface area contributed by atoms with Gasteiger partial charge < -0.3 is 16.0 Å². The van der Waals surface area contributed by atoms with Crippen molar-refractivity contribution in [1.82, 2.24) is 9.80 Å². The van der Waals surface area contributed by atoms with Crippen LogP contribution in [0.2, 0.25) is 0 Å². The smallest absolute Gasteiger partial charge is 0.239 e. The number of nitrogens with one attached hydrogen (secondary N) is 1. The summed E-state index contributed by atoms with van der Waals surface area (Å²) in [5.41, 5.74) is 6.15. The number of hydrogen-bond acceptors (Lipinski definition) is 4. The SMILES string of the molecule is CC(N)C(=O)N1CCN(CC(=O)Nc2ccc(F)cc2)CC1. The van der Waals surface area contributed by atoms with Crippen LogP contribution in [0.15, 0.2) is 24.3 Å². The summed E-state index contributed by atoms with van der Waals surface area (Å²) < 4.78 is 12.8. The molecule has 0 aliphatic carbocycles. The third-order valence-corrected chi connectivity index (χ3v) is 3.57. The Kier molecular flexibility index (Phi) is 5.46. The minimum absolute atomic E-state index is 0.0598. The van der Waals surface area contributed by atoms with E-state index in [9.17, 15) is 14.0 Å². The van der Waals surface area contributed by atoms with E-state index in [4.69, 9.17) is 5.73 Å². The van der Waals surface area contributed by atoms with Crippen LogP contribution in [-0.4, -0.2) is 60.4 Å². The highest BCUT2D eigenvalue weighted by molar-refractivity contribution is 5.92. The molecule has 1 saturated heterocycles. The Labute approximate surface area is 129 Å². The Bertz CT molecular complexity index is 525. The van der Waals surface area contributed by atoms with Crippen molar-refractivity contribution in [3.8, 4) is 0 Å². The number of nitrogens with two attached hydrogens (primary N) is 1. The maximum Gasteiger partial charge on any atom is 0.239 e. The van der Waals surface area contributed by atoms with Gasteiger partial charge in [-0.2, -0.15) is 0 Å². The second-order valence-corrected chi connectivity index (χ2v) is 5.45. The highest BCUT2D eigenvalue weighted by Crippen LogP contribution is 2.09. The predicted molar refractivity (Wildman–Crippen MR) is 81.7 cm³/mol.